The highest BCUT2D eigenvalue weighted by Crippen LogP contribution is 2.30. The number of aryl methyl sites for hydroxylation is 1. The van der Waals surface area contributed by atoms with Crippen LogP contribution in [0.1, 0.15) is 31.9 Å². The molecular weight excluding hydrogens is 368 g/mol. The van der Waals surface area contributed by atoms with Gasteiger partial charge in [-0.3, -0.25) is 9.36 Å². The SMILES string of the molecule is CNC(=O)CSc1nnc(-c2ccc(C(C)(C)C)cc2)n1-c1ccc(C)cc1. The van der Waals surface area contributed by atoms with E-state index >= 15 is 0 Å². The Hall–Kier alpha value is -2.60. The molecule has 0 aliphatic rings. The van der Waals surface area contributed by atoms with E-state index in [2.05, 4.69) is 91.7 Å². The molecule has 0 radical (unpaired) electrons. The van der Waals surface area contributed by atoms with Gasteiger partial charge in [-0.2, -0.15) is 0 Å². The minimum absolute atomic E-state index is 0.0421. The largest absolute Gasteiger partial charge is 0.358 e. The number of amides is 1. The van der Waals surface area contributed by atoms with Crippen molar-refractivity contribution in [3.8, 4) is 17.1 Å². The second kappa shape index (κ2) is 8.19. The molecule has 2 aromatic carbocycles. The van der Waals surface area contributed by atoms with Gasteiger partial charge in [-0.1, -0.05) is 74.5 Å². The van der Waals surface area contributed by atoms with Crippen LogP contribution in [0.4, 0.5) is 0 Å². The molecule has 0 aliphatic carbocycles. The number of carbonyl (C=O) groups is 1. The van der Waals surface area contributed by atoms with Gasteiger partial charge in [-0.25, -0.2) is 0 Å². The van der Waals surface area contributed by atoms with Gasteiger partial charge in [-0.05, 0) is 30.0 Å². The van der Waals surface area contributed by atoms with E-state index in [-0.39, 0.29) is 11.3 Å². The van der Waals surface area contributed by atoms with Crippen molar-refractivity contribution in [2.24, 2.45) is 0 Å². The first kappa shape index (κ1) is 20.1. The van der Waals surface area contributed by atoms with Gasteiger partial charge in [-0.15, -0.1) is 10.2 Å². The Balaban J connectivity index is 2.04. The highest BCUT2D eigenvalue weighted by Gasteiger charge is 2.18. The molecule has 3 aromatic rings. The predicted octanol–water partition coefficient (Wildman–Crippen LogP) is 4.38. The lowest BCUT2D eigenvalue weighted by Crippen LogP contribution is -2.20. The van der Waals surface area contributed by atoms with Crippen LogP contribution in [0.25, 0.3) is 17.1 Å². The molecule has 1 aromatic heterocycles. The third-order valence-electron chi connectivity index (χ3n) is 4.55. The zero-order chi connectivity index (χ0) is 20.3. The van der Waals surface area contributed by atoms with Crippen molar-refractivity contribution < 1.29 is 4.79 Å². The summed E-state index contributed by atoms with van der Waals surface area (Å²) in [6, 6.07) is 16.7. The summed E-state index contributed by atoms with van der Waals surface area (Å²) < 4.78 is 2.01. The van der Waals surface area contributed by atoms with Gasteiger partial charge in [0.15, 0.2) is 11.0 Å². The van der Waals surface area contributed by atoms with Crippen molar-refractivity contribution in [1.29, 1.82) is 0 Å². The molecule has 0 unspecified atom stereocenters. The van der Waals surface area contributed by atoms with E-state index in [1.165, 1.54) is 22.9 Å². The van der Waals surface area contributed by atoms with Crippen LogP contribution in [0, 0.1) is 6.92 Å². The molecular formula is C22H26N4OS. The number of rotatable bonds is 5. The maximum atomic E-state index is 11.7. The van der Waals surface area contributed by atoms with Crippen LogP contribution >= 0.6 is 11.8 Å². The van der Waals surface area contributed by atoms with E-state index in [1.807, 2.05) is 4.57 Å². The summed E-state index contributed by atoms with van der Waals surface area (Å²) >= 11 is 1.38. The van der Waals surface area contributed by atoms with E-state index in [4.69, 9.17) is 0 Å². The van der Waals surface area contributed by atoms with Gasteiger partial charge in [0.2, 0.25) is 5.91 Å². The van der Waals surface area contributed by atoms with E-state index in [0.29, 0.717) is 10.9 Å². The number of thioether (sulfide) groups is 1. The molecule has 1 heterocycles. The number of aromatic nitrogens is 3. The fourth-order valence-corrected chi connectivity index (χ4v) is 3.62. The Morgan fingerprint density at radius 2 is 1.68 bits per heavy atom. The van der Waals surface area contributed by atoms with Gasteiger partial charge < -0.3 is 5.32 Å². The molecule has 5 nitrogen and oxygen atoms in total. The lowest BCUT2D eigenvalue weighted by molar-refractivity contribution is -0.118. The highest BCUT2D eigenvalue weighted by molar-refractivity contribution is 7.99. The standard InChI is InChI=1S/C22H26N4OS/c1-15-6-12-18(13-7-15)26-20(24-25-21(26)28-14-19(27)23-5)16-8-10-17(11-9-16)22(2,3)4/h6-13H,14H2,1-5H3,(H,23,27). The number of benzene rings is 2. The maximum absolute atomic E-state index is 11.7. The van der Waals surface area contributed by atoms with Crippen LogP contribution in [0.5, 0.6) is 0 Å². The third-order valence-corrected chi connectivity index (χ3v) is 5.47. The van der Waals surface area contributed by atoms with Crippen molar-refractivity contribution in [3.05, 3.63) is 59.7 Å². The number of nitrogens with zero attached hydrogens (tertiary/aromatic N) is 3. The first-order valence-electron chi connectivity index (χ1n) is 9.26. The summed E-state index contributed by atoms with van der Waals surface area (Å²) in [5.74, 6) is 1.02. The van der Waals surface area contributed by atoms with Crippen LogP contribution in [0.15, 0.2) is 53.7 Å². The molecule has 0 bridgehead atoms. The van der Waals surface area contributed by atoms with Crippen LogP contribution < -0.4 is 5.32 Å². The fraction of sp³-hybridized carbons (Fsp3) is 0.318. The molecule has 28 heavy (non-hydrogen) atoms. The monoisotopic (exact) mass is 394 g/mol. The Bertz CT molecular complexity index is 954. The Kier molecular flexibility index (Phi) is 5.89. The van der Waals surface area contributed by atoms with E-state index in [1.54, 1.807) is 7.05 Å². The molecule has 146 valence electrons. The molecule has 0 saturated carbocycles. The molecule has 6 heteroatoms. The summed E-state index contributed by atoms with van der Waals surface area (Å²) in [5.41, 5.74) is 4.52. The number of hydrogen-bond donors (Lipinski definition) is 1. The quantitative estimate of drug-likeness (QED) is 0.653. The van der Waals surface area contributed by atoms with Crippen LogP contribution in [-0.2, 0) is 10.2 Å². The molecule has 0 aliphatic heterocycles. The van der Waals surface area contributed by atoms with Gasteiger partial charge in [0.05, 0.1) is 5.75 Å². The average Bonchev–Trinajstić information content (AvgIpc) is 3.10. The summed E-state index contributed by atoms with van der Waals surface area (Å²) in [6.45, 7) is 8.66. The molecule has 1 N–H and O–H groups in total. The number of carbonyl (C=O) groups excluding carboxylic acids is 1. The second-order valence-electron chi connectivity index (χ2n) is 7.77. The molecule has 1 amide bonds. The van der Waals surface area contributed by atoms with Crippen LogP contribution in [-0.4, -0.2) is 33.5 Å². The normalized spacial score (nSPS) is 11.5. The fourth-order valence-electron chi connectivity index (χ4n) is 2.80. The highest BCUT2D eigenvalue weighted by atomic mass is 32.2. The van der Waals surface area contributed by atoms with E-state index in [0.717, 1.165) is 17.1 Å². The first-order chi connectivity index (χ1) is 13.3. The van der Waals surface area contributed by atoms with Gasteiger partial charge in [0.1, 0.15) is 0 Å². The zero-order valence-electron chi connectivity index (χ0n) is 17.0. The van der Waals surface area contributed by atoms with E-state index in [9.17, 15) is 4.79 Å². The van der Waals surface area contributed by atoms with Gasteiger partial charge in [0.25, 0.3) is 0 Å². The van der Waals surface area contributed by atoms with Crippen LogP contribution in [0.2, 0.25) is 0 Å². The van der Waals surface area contributed by atoms with Gasteiger partial charge in [0, 0.05) is 18.3 Å². The zero-order valence-corrected chi connectivity index (χ0v) is 17.8. The molecule has 0 fully saturated rings. The Morgan fingerprint density at radius 1 is 1.04 bits per heavy atom. The topological polar surface area (TPSA) is 59.8 Å². The predicted molar refractivity (Wildman–Crippen MR) is 115 cm³/mol. The average molecular weight is 395 g/mol. The van der Waals surface area contributed by atoms with Crippen molar-refractivity contribution in [3.63, 3.8) is 0 Å². The summed E-state index contributed by atoms with van der Waals surface area (Å²) in [7, 11) is 1.63. The molecule has 0 saturated heterocycles. The smallest absolute Gasteiger partial charge is 0.230 e. The third kappa shape index (κ3) is 4.44. The number of nitrogens with one attached hydrogen (secondary N) is 1. The maximum Gasteiger partial charge on any atom is 0.230 e. The minimum Gasteiger partial charge on any atom is -0.358 e. The van der Waals surface area contributed by atoms with Crippen molar-refractivity contribution in [2.75, 3.05) is 12.8 Å². The van der Waals surface area contributed by atoms with Crippen molar-refractivity contribution in [1.82, 2.24) is 20.1 Å². The summed E-state index contributed by atoms with van der Waals surface area (Å²) in [6.07, 6.45) is 0. The van der Waals surface area contributed by atoms with E-state index < -0.39 is 0 Å². The number of hydrogen-bond acceptors (Lipinski definition) is 4. The summed E-state index contributed by atoms with van der Waals surface area (Å²) in [4.78, 5) is 11.7. The van der Waals surface area contributed by atoms with Crippen molar-refractivity contribution >= 4 is 17.7 Å². The Morgan fingerprint density at radius 3 is 2.25 bits per heavy atom. The molecule has 0 atom stereocenters. The lowest BCUT2D eigenvalue weighted by Gasteiger charge is -2.19. The lowest BCUT2D eigenvalue weighted by atomic mass is 9.87. The van der Waals surface area contributed by atoms with Gasteiger partial charge >= 0.3 is 0 Å². The molecule has 0 spiro atoms. The summed E-state index contributed by atoms with van der Waals surface area (Å²) in [5, 5.41) is 12.1. The second-order valence-corrected chi connectivity index (χ2v) is 8.71. The first-order valence-corrected chi connectivity index (χ1v) is 10.2. The Labute approximate surface area is 170 Å². The minimum atomic E-state index is -0.0421. The van der Waals surface area contributed by atoms with Crippen molar-refractivity contribution in [2.45, 2.75) is 38.3 Å². The molecule has 3 rings (SSSR count). The van der Waals surface area contributed by atoms with Crippen LogP contribution in [0.3, 0.4) is 0 Å².